The van der Waals surface area contributed by atoms with Crippen molar-refractivity contribution >= 4 is 5.65 Å². The molecule has 0 unspecified atom stereocenters. The van der Waals surface area contributed by atoms with Crippen LogP contribution in [0.25, 0.3) is 5.65 Å². The zero-order valence-electron chi connectivity index (χ0n) is 12.3. The molecule has 108 valence electrons. The van der Waals surface area contributed by atoms with E-state index in [-0.39, 0.29) is 0 Å². The highest BCUT2D eigenvalue weighted by molar-refractivity contribution is 5.41. The van der Waals surface area contributed by atoms with Gasteiger partial charge in [-0.2, -0.15) is 0 Å². The highest BCUT2D eigenvalue weighted by Gasteiger charge is 2.19. The molecule has 2 aromatic heterocycles. The van der Waals surface area contributed by atoms with Crippen LogP contribution in [0, 0.1) is 5.92 Å². The summed E-state index contributed by atoms with van der Waals surface area (Å²) in [6.07, 6.45) is 5.86. The zero-order valence-corrected chi connectivity index (χ0v) is 12.3. The second kappa shape index (κ2) is 5.94. The molecule has 0 saturated carbocycles. The Balaban J connectivity index is 1.72. The highest BCUT2D eigenvalue weighted by atomic mass is 15.1. The maximum Gasteiger partial charge on any atom is 0.137 e. The Morgan fingerprint density at radius 2 is 2.10 bits per heavy atom. The van der Waals surface area contributed by atoms with Crippen molar-refractivity contribution in [2.75, 3.05) is 19.6 Å². The van der Waals surface area contributed by atoms with Crippen LogP contribution in [0.15, 0.2) is 24.4 Å². The van der Waals surface area contributed by atoms with Gasteiger partial charge in [0.05, 0.1) is 5.69 Å². The third-order valence-electron chi connectivity index (χ3n) is 4.49. The Hall–Kier alpha value is -1.39. The number of likely N-dealkylation sites (tertiary alicyclic amines) is 1. The molecule has 1 fully saturated rings. The molecular formula is C16H24N4. The standard InChI is InChI=1S/C16H24N4/c1-2-19-8-6-13(7-9-19)10-14-12-20-15(11-17)4-3-5-16(20)18-14/h3-5,12-13H,2,6-11,17H2,1H3. The van der Waals surface area contributed by atoms with E-state index in [4.69, 9.17) is 10.7 Å². The van der Waals surface area contributed by atoms with Crippen LogP contribution in [0.5, 0.6) is 0 Å². The Labute approximate surface area is 120 Å². The van der Waals surface area contributed by atoms with Gasteiger partial charge in [0.25, 0.3) is 0 Å². The summed E-state index contributed by atoms with van der Waals surface area (Å²) < 4.78 is 2.14. The van der Waals surface area contributed by atoms with Gasteiger partial charge >= 0.3 is 0 Å². The number of piperidine rings is 1. The summed E-state index contributed by atoms with van der Waals surface area (Å²) in [4.78, 5) is 7.28. The molecule has 20 heavy (non-hydrogen) atoms. The van der Waals surface area contributed by atoms with Crippen LogP contribution in [-0.4, -0.2) is 33.9 Å². The molecule has 0 aromatic carbocycles. The largest absolute Gasteiger partial charge is 0.325 e. The summed E-state index contributed by atoms with van der Waals surface area (Å²) in [5, 5.41) is 0. The van der Waals surface area contributed by atoms with Gasteiger partial charge < -0.3 is 15.0 Å². The molecule has 2 N–H and O–H groups in total. The number of pyridine rings is 1. The van der Waals surface area contributed by atoms with E-state index in [2.05, 4.69) is 34.6 Å². The number of nitrogens with zero attached hydrogens (tertiary/aromatic N) is 3. The minimum absolute atomic E-state index is 0.558. The van der Waals surface area contributed by atoms with E-state index in [0.29, 0.717) is 6.54 Å². The lowest BCUT2D eigenvalue weighted by molar-refractivity contribution is 0.191. The first-order valence-electron chi connectivity index (χ1n) is 7.68. The molecule has 0 atom stereocenters. The fourth-order valence-corrected chi connectivity index (χ4v) is 3.19. The third kappa shape index (κ3) is 2.72. The Kier molecular flexibility index (Phi) is 4.03. The van der Waals surface area contributed by atoms with Gasteiger partial charge in [0.15, 0.2) is 0 Å². The number of rotatable bonds is 4. The minimum atomic E-state index is 0.558. The second-order valence-electron chi connectivity index (χ2n) is 5.76. The fraction of sp³-hybridized carbons (Fsp3) is 0.562. The summed E-state index contributed by atoms with van der Waals surface area (Å²) in [6.45, 7) is 6.46. The van der Waals surface area contributed by atoms with Gasteiger partial charge in [0, 0.05) is 18.4 Å². The molecule has 4 heteroatoms. The van der Waals surface area contributed by atoms with E-state index in [1.807, 2.05) is 6.07 Å². The molecule has 2 aromatic rings. The maximum atomic E-state index is 5.79. The quantitative estimate of drug-likeness (QED) is 0.927. The van der Waals surface area contributed by atoms with Gasteiger partial charge in [-0.05, 0) is 56.9 Å². The normalized spacial score (nSPS) is 17.9. The van der Waals surface area contributed by atoms with Crippen LogP contribution in [0.2, 0.25) is 0 Å². The molecule has 4 nitrogen and oxygen atoms in total. The predicted octanol–water partition coefficient (Wildman–Crippen LogP) is 2.07. The molecule has 0 bridgehead atoms. The summed E-state index contributed by atoms with van der Waals surface area (Å²) >= 11 is 0. The van der Waals surface area contributed by atoms with Gasteiger partial charge in [0.1, 0.15) is 5.65 Å². The number of imidazole rings is 1. The number of aromatic nitrogens is 2. The van der Waals surface area contributed by atoms with Crippen molar-refractivity contribution in [3.05, 3.63) is 35.8 Å². The Bertz CT molecular complexity index is 567. The van der Waals surface area contributed by atoms with Crippen molar-refractivity contribution in [1.29, 1.82) is 0 Å². The number of fused-ring (bicyclic) bond motifs is 1. The lowest BCUT2D eigenvalue weighted by Gasteiger charge is -2.30. The maximum absolute atomic E-state index is 5.79. The topological polar surface area (TPSA) is 46.6 Å². The lowest BCUT2D eigenvalue weighted by Crippen LogP contribution is -2.34. The van der Waals surface area contributed by atoms with Gasteiger partial charge in [-0.1, -0.05) is 13.0 Å². The molecule has 0 spiro atoms. The molecule has 0 radical (unpaired) electrons. The smallest absolute Gasteiger partial charge is 0.137 e. The molecule has 0 amide bonds. The molecule has 1 aliphatic rings. The van der Waals surface area contributed by atoms with Crippen LogP contribution in [0.4, 0.5) is 0 Å². The summed E-state index contributed by atoms with van der Waals surface area (Å²) in [5.74, 6) is 0.782. The van der Waals surface area contributed by atoms with Crippen LogP contribution < -0.4 is 5.73 Å². The lowest BCUT2D eigenvalue weighted by atomic mass is 9.92. The molecule has 3 heterocycles. The molecular weight excluding hydrogens is 248 g/mol. The van der Waals surface area contributed by atoms with E-state index in [0.717, 1.165) is 23.7 Å². The summed E-state index contributed by atoms with van der Waals surface area (Å²) in [5.41, 5.74) is 9.14. The Morgan fingerprint density at radius 1 is 1.30 bits per heavy atom. The minimum Gasteiger partial charge on any atom is -0.325 e. The average molecular weight is 272 g/mol. The van der Waals surface area contributed by atoms with Crippen molar-refractivity contribution < 1.29 is 0 Å². The van der Waals surface area contributed by atoms with E-state index in [9.17, 15) is 0 Å². The second-order valence-corrected chi connectivity index (χ2v) is 5.76. The van der Waals surface area contributed by atoms with E-state index in [1.165, 1.54) is 38.2 Å². The molecule has 0 aliphatic carbocycles. The van der Waals surface area contributed by atoms with Crippen LogP contribution in [0.1, 0.15) is 31.2 Å². The van der Waals surface area contributed by atoms with Gasteiger partial charge in [0.2, 0.25) is 0 Å². The van der Waals surface area contributed by atoms with E-state index < -0.39 is 0 Å². The van der Waals surface area contributed by atoms with Crippen molar-refractivity contribution in [2.24, 2.45) is 11.7 Å². The van der Waals surface area contributed by atoms with Crippen LogP contribution in [0.3, 0.4) is 0 Å². The first-order valence-corrected chi connectivity index (χ1v) is 7.68. The van der Waals surface area contributed by atoms with Crippen LogP contribution in [-0.2, 0) is 13.0 Å². The predicted molar refractivity (Wildman–Crippen MR) is 81.6 cm³/mol. The number of nitrogens with two attached hydrogens (primary N) is 1. The molecule has 1 aliphatic heterocycles. The van der Waals surface area contributed by atoms with Crippen molar-refractivity contribution in [3.63, 3.8) is 0 Å². The first-order chi connectivity index (χ1) is 9.80. The van der Waals surface area contributed by atoms with E-state index >= 15 is 0 Å². The van der Waals surface area contributed by atoms with Crippen molar-refractivity contribution in [1.82, 2.24) is 14.3 Å². The van der Waals surface area contributed by atoms with Gasteiger partial charge in [-0.25, -0.2) is 4.98 Å². The number of hydrogen-bond donors (Lipinski definition) is 1. The fourth-order valence-electron chi connectivity index (χ4n) is 3.19. The van der Waals surface area contributed by atoms with Crippen molar-refractivity contribution in [3.8, 4) is 0 Å². The summed E-state index contributed by atoms with van der Waals surface area (Å²) in [6, 6.07) is 6.16. The molecule has 3 rings (SSSR count). The van der Waals surface area contributed by atoms with Crippen LogP contribution >= 0.6 is 0 Å². The van der Waals surface area contributed by atoms with Gasteiger partial charge in [-0.15, -0.1) is 0 Å². The summed E-state index contributed by atoms with van der Waals surface area (Å²) in [7, 11) is 0. The van der Waals surface area contributed by atoms with Gasteiger partial charge in [-0.3, -0.25) is 0 Å². The van der Waals surface area contributed by atoms with Crippen molar-refractivity contribution in [2.45, 2.75) is 32.7 Å². The Morgan fingerprint density at radius 3 is 2.80 bits per heavy atom. The number of hydrogen-bond acceptors (Lipinski definition) is 3. The molecule has 1 saturated heterocycles. The monoisotopic (exact) mass is 272 g/mol. The average Bonchev–Trinajstić information content (AvgIpc) is 2.90. The SMILES string of the molecule is CCN1CCC(Cc2cn3c(CN)cccc3n2)CC1. The highest BCUT2D eigenvalue weighted by Crippen LogP contribution is 2.21. The zero-order chi connectivity index (χ0) is 13.9. The first kappa shape index (κ1) is 13.6. The third-order valence-corrected chi connectivity index (χ3v) is 4.49. The van der Waals surface area contributed by atoms with E-state index in [1.54, 1.807) is 0 Å².